The SMILES string of the molecule is C#CCN(CCC(C)C)CCC(C)C. The van der Waals surface area contributed by atoms with Gasteiger partial charge >= 0.3 is 0 Å². The fourth-order valence-corrected chi connectivity index (χ4v) is 1.28. The van der Waals surface area contributed by atoms with E-state index in [0.717, 1.165) is 31.5 Å². The van der Waals surface area contributed by atoms with Crippen molar-refractivity contribution in [2.45, 2.75) is 40.5 Å². The summed E-state index contributed by atoms with van der Waals surface area (Å²) in [5.74, 6) is 4.29. The van der Waals surface area contributed by atoms with E-state index in [4.69, 9.17) is 6.42 Å². The molecule has 82 valence electrons. The zero-order valence-electron chi connectivity index (χ0n) is 10.2. The van der Waals surface area contributed by atoms with Crippen LogP contribution in [0.25, 0.3) is 0 Å². The van der Waals surface area contributed by atoms with Crippen LogP contribution >= 0.6 is 0 Å². The van der Waals surface area contributed by atoms with Gasteiger partial charge in [0, 0.05) is 0 Å². The third-order valence-electron chi connectivity index (χ3n) is 2.36. The molecule has 0 aromatic rings. The van der Waals surface area contributed by atoms with Crippen molar-refractivity contribution < 1.29 is 0 Å². The van der Waals surface area contributed by atoms with Gasteiger partial charge in [-0.1, -0.05) is 33.6 Å². The average Bonchev–Trinajstić information content (AvgIpc) is 2.09. The highest BCUT2D eigenvalue weighted by Gasteiger charge is 2.05. The summed E-state index contributed by atoms with van der Waals surface area (Å²) in [6.45, 7) is 12.1. The highest BCUT2D eigenvalue weighted by atomic mass is 15.1. The minimum absolute atomic E-state index is 0.773. The Bertz CT molecular complexity index is 153. The predicted octanol–water partition coefficient (Wildman–Crippen LogP) is 3.01. The Labute approximate surface area is 89.9 Å². The average molecular weight is 195 g/mol. The molecule has 0 aliphatic carbocycles. The van der Waals surface area contributed by atoms with Gasteiger partial charge in [-0.05, 0) is 37.8 Å². The van der Waals surface area contributed by atoms with Crippen LogP contribution in [0.2, 0.25) is 0 Å². The summed E-state index contributed by atoms with van der Waals surface area (Å²) in [7, 11) is 0. The molecule has 1 nitrogen and oxygen atoms in total. The lowest BCUT2D eigenvalue weighted by molar-refractivity contribution is 0.270. The molecule has 0 saturated heterocycles. The van der Waals surface area contributed by atoms with Crippen LogP contribution in [-0.4, -0.2) is 24.5 Å². The molecule has 0 rings (SSSR count). The van der Waals surface area contributed by atoms with Crippen molar-refractivity contribution in [3.05, 3.63) is 0 Å². The molecule has 0 N–H and O–H groups in total. The largest absolute Gasteiger partial charge is 0.292 e. The molecule has 14 heavy (non-hydrogen) atoms. The van der Waals surface area contributed by atoms with Crippen molar-refractivity contribution in [3.8, 4) is 12.3 Å². The van der Waals surface area contributed by atoms with Gasteiger partial charge in [-0.15, -0.1) is 6.42 Å². The Morgan fingerprint density at radius 2 is 1.43 bits per heavy atom. The van der Waals surface area contributed by atoms with Gasteiger partial charge in [-0.3, -0.25) is 4.90 Å². The van der Waals surface area contributed by atoms with E-state index in [2.05, 4.69) is 38.5 Å². The summed E-state index contributed by atoms with van der Waals surface area (Å²) >= 11 is 0. The van der Waals surface area contributed by atoms with Gasteiger partial charge in [-0.25, -0.2) is 0 Å². The molecule has 0 spiro atoms. The fourth-order valence-electron chi connectivity index (χ4n) is 1.28. The summed E-state index contributed by atoms with van der Waals surface area (Å²) < 4.78 is 0. The minimum Gasteiger partial charge on any atom is -0.292 e. The summed E-state index contributed by atoms with van der Waals surface area (Å²) in [5.41, 5.74) is 0. The second-order valence-electron chi connectivity index (χ2n) is 4.85. The molecule has 0 aromatic heterocycles. The van der Waals surface area contributed by atoms with E-state index in [-0.39, 0.29) is 0 Å². The van der Waals surface area contributed by atoms with Gasteiger partial charge in [-0.2, -0.15) is 0 Å². The highest BCUT2D eigenvalue weighted by molar-refractivity contribution is 4.88. The van der Waals surface area contributed by atoms with Crippen LogP contribution in [-0.2, 0) is 0 Å². The predicted molar refractivity (Wildman–Crippen MR) is 64.2 cm³/mol. The van der Waals surface area contributed by atoms with Gasteiger partial charge in [0.2, 0.25) is 0 Å². The van der Waals surface area contributed by atoms with Gasteiger partial charge in [0.05, 0.1) is 6.54 Å². The second kappa shape index (κ2) is 7.88. The van der Waals surface area contributed by atoms with Crippen molar-refractivity contribution in [3.63, 3.8) is 0 Å². The Balaban J connectivity index is 3.72. The van der Waals surface area contributed by atoms with Crippen molar-refractivity contribution in [1.29, 1.82) is 0 Å². The molecule has 0 saturated carbocycles. The van der Waals surface area contributed by atoms with Gasteiger partial charge in [0.15, 0.2) is 0 Å². The van der Waals surface area contributed by atoms with Crippen LogP contribution in [0.5, 0.6) is 0 Å². The second-order valence-corrected chi connectivity index (χ2v) is 4.85. The topological polar surface area (TPSA) is 3.24 Å². The first kappa shape index (κ1) is 13.5. The molecule has 0 radical (unpaired) electrons. The van der Waals surface area contributed by atoms with E-state index >= 15 is 0 Å². The summed E-state index contributed by atoms with van der Waals surface area (Å²) in [6.07, 6.45) is 7.85. The molecule has 0 aromatic carbocycles. The monoisotopic (exact) mass is 195 g/mol. The molecular formula is C13H25N. The Morgan fingerprint density at radius 3 is 1.71 bits per heavy atom. The first-order chi connectivity index (χ1) is 6.56. The van der Waals surface area contributed by atoms with E-state index in [1.807, 2.05) is 0 Å². The van der Waals surface area contributed by atoms with Gasteiger partial charge < -0.3 is 0 Å². The third-order valence-corrected chi connectivity index (χ3v) is 2.36. The first-order valence-corrected chi connectivity index (χ1v) is 5.72. The number of hydrogen-bond acceptors (Lipinski definition) is 1. The van der Waals surface area contributed by atoms with Crippen LogP contribution in [0.4, 0.5) is 0 Å². The van der Waals surface area contributed by atoms with E-state index in [0.29, 0.717) is 0 Å². The number of rotatable bonds is 7. The maximum atomic E-state index is 5.35. The molecule has 0 fully saturated rings. The zero-order chi connectivity index (χ0) is 11.0. The van der Waals surface area contributed by atoms with Crippen molar-refractivity contribution >= 4 is 0 Å². The lowest BCUT2D eigenvalue weighted by Gasteiger charge is -2.21. The smallest absolute Gasteiger partial charge is 0.0598 e. The zero-order valence-corrected chi connectivity index (χ0v) is 10.2. The van der Waals surface area contributed by atoms with Crippen molar-refractivity contribution in [1.82, 2.24) is 4.90 Å². The minimum atomic E-state index is 0.773. The third kappa shape index (κ3) is 8.13. The Kier molecular flexibility index (Phi) is 7.61. The molecule has 0 unspecified atom stereocenters. The lowest BCUT2D eigenvalue weighted by Crippen LogP contribution is -2.28. The van der Waals surface area contributed by atoms with Gasteiger partial charge in [0.25, 0.3) is 0 Å². The van der Waals surface area contributed by atoms with Gasteiger partial charge in [0.1, 0.15) is 0 Å². The summed E-state index contributed by atoms with van der Waals surface area (Å²) in [6, 6.07) is 0. The van der Waals surface area contributed by atoms with E-state index < -0.39 is 0 Å². The maximum absolute atomic E-state index is 5.35. The Morgan fingerprint density at radius 1 is 1.00 bits per heavy atom. The lowest BCUT2D eigenvalue weighted by atomic mass is 10.1. The highest BCUT2D eigenvalue weighted by Crippen LogP contribution is 2.05. The number of terminal acetylenes is 1. The van der Waals surface area contributed by atoms with E-state index in [1.54, 1.807) is 0 Å². The van der Waals surface area contributed by atoms with Crippen LogP contribution in [0, 0.1) is 24.2 Å². The van der Waals surface area contributed by atoms with Crippen molar-refractivity contribution in [2.24, 2.45) is 11.8 Å². The van der Waals surface area contributed by atoms with Crippen LogP contribution in [0.1, 0.15) is 40.5 Å². The Hall–Kier alpha value is -0.480. The molecule has 0 amide bonds. The van der Waals surface area contributed by atoms with Crippen LogP contribution < -0.4 is 0 Å². The van der Waals surface area contributed by atoms with Crippen molar-refractivity contribution in [2.75, 3.05) is 19.6 Å². The summed E-state index contributed by atoms with van der Waals surface area (Å²) in [5, 5.41) is 0. The number of hydrogen-bond donors (Lipinski definition) is 0. The standard InChI is InChI=1S/C13H25N/c1-6-9-14(10-7-12(2)3)11-8-13(4)5/h1,12-13H,7-11H2,2-5H3. The quantitative estimate of drug-likeness (QED) is 0.564. The molecule has 1 heteroatoms. The molecule has 0 bridgehead atoms. The molecule has 0 heterocycles. The molecular weight excluding hydrogens is 170 g/mol. The van der Waals surface area contributed by atoms with Crippen LogP contribution in [0.15, 0.2) is 0 Å². The molecule has 0 aliphatic heterocycles. The fraction of sp³-hybridized carbons (Fsp3) is 0.846. The summed E-state index contributed by atoms with van der Waals surface area (Å²) in [4.78, 5) is 2.39. The van der Waals surface area contributed by atoms with Crippen LogP contribution in [0.3, 0.4) is 0 Å². The molecule has 0 aliphatic rings. The molecule has 0 atom stereocenters. The van der Waals surface area contributed by atoms with E-state index in [1.165, 1.54) is 12.8 Å². The maximum Gasteiger partial charge on any atom is 0.0598 e. The first-order valence-electron chi connectivity index (χ1n) is 5.72. The number of nitrogens with zero attached hydrogens (tertiary/aromatic N) is 1. The normalized spacial score (nSPS) is 11.3. The van der Waals surface area contributed by atoms with E-state index in [9.17, 15) is 0 Å².